The molecule has 1 saturated heterocycles. The van der Waals surface area contributed by atoms with Gasteiger partial charge in [0, 0.05) is 11.3 Å². The highest BCUT2D eigenvalue weighted by Crippen LogP contribution is 2.46. The summed E-state index contributed by atoms with van der Waals surface area (Å²) in [5.41, 5.74) is -0.0592. The fourth-order valence-electron chi connectivity index (χ4n) is 4.81. The summed E-state index contributed by atoms with van der Waals surface area (Å²) in [5.74, 6) is -0.619. The van der Waals surface area contributed by atoms with Crippen LogP contribution in [-0.2, 0) is 9.59 Å². The molecule has 1 aliphatic heterocycles. The number of rotatable bonds is 4. The predicted molar refractivity (Wildman–Crippen MR) is 105 cm³/mol. The van der Waals surface area contributed by atoms with Crippen LogP contribution in [0.3, 0.4) is 0 Å². The van der Waals surface area contributed by atoms with E-state index in [1.165, 1.54) is 6.92 Å². The maximum atomic E-state index is 13.1. The zero-order chi connectivity index (χ0) is 20.7. The lowest BCUT2D eigenvalue weighted by Gasteiger charge is -2.43. The Kier molecular flexibility index (Phi) is 5.04. The van der Waals surface area contributed by atoms with Crippen molar-refractivity contribution in [1.29, 1.82) is 0 Å². The molecular formula is C21H27N3O4. The Morgan fingerprint density at radius 3 is 2.61 bits per heavy atom. The molecule has 2 atom stereocenters. The van der Waals surface area contributed by atoms with Crippen LogP contribution in [0.5, 0.6) is 0 Å². The Hall–Kier alpha value is -2.70. The predicted octanol–water partition coefficient (Wildman–Crippen LogP) is 2.96. The Bertz CT molecular complexity index is 848. The Morgan fingerprint density at radius 1 is 1.25 bits per heavy atom. The average molecular weight is 385 g/mol. The van der Waals surface area contributed by atoms with Gasteiger partial charge in [0.25, 0.3) is 5.91 Å². The molecule has 1 saturated carbocycles. The quantitative estimate of drug-likeness (QED) is 0.615. The van der Waals surface area contributed by atoms with Crippen LogP contribution in [-0.4, -0.2) is 40.6 Å². The fraction of sp³-hybridized carbons (Fsp3) is 0.524. The van der Waals surface area contributed by atoms with Crippen molar-refractivity contribution in [2.24, 2.45) is 11.3 Å². The number of anilines is 1. The molecular weight excluding hydrogens is 358 g/mol. The van der Waals surface area contributed by atoms with Gasteiger partial charge in [-0.1, -0.05) is 32.9 Å². The first kappa shape index (κ1) is 20.0. The highest BCUT2D eigenvalue weighted by atomic mass is 16.2. The number of carbonyl (C=O) groups excluding carboxylic acids is 4. The number of amides is 4. The summed E-state index contributed by atoms with van der Waals surface area (Å²) in [5, 5.41) is 5.52. The van der Waals surface area contributed by atoms with E-state index in [2.05, 4.69) is 31.4 Å². The van der Waals surface area contributed by atoms with Crippen molar-refractivity contribution in [2.45, 2.75) is 52.5 Å². The number of carbonyl (C=O) groups is 4. The van der Waals surface area contributed by atoms with Crippen LogP contribution >= 0.6 is 0 Å². The lowest BCUT2D eigenvalue weighted by Crippen LogP contribution is -2.54. The molecule has 4 amide bonds. The third-order valence-corrected chi connectivity index (χ3v) is 5.48. The van der Waals surface area contributed by atoms with Gasteiger partial charge in [0.2, 0.25) is 5.91 Å². The van der Waals surface area contributed by atoms with E-state index in [0.717, 1.165) is 11.3 Å². The minimum absolute atomic E-state index is 0.0635. The van der Waals surface area contributed by atoms with Crippen LogP contribution in [0.15, 0.2) is 24.3 Å². The van der Waals surface area contributed by atoms with Crippen molar-refractivity contribution < 1.29 is 19.2 Å². The normalized spacial score (nSPS) is 26.3. The average Bonchev–Trinajstić information content (AvgIpc) is 2.76. The summed E-state index contributed by atoms with van der Waals surface area (Å²) in [6, 6.07) is 6.02. The van der Waals surface area contributed by atoms with Crippen LogP contribution < -0.4 is 10.6 Å². The van der Waals surface area contributed by atoms with Crippen molar-refractivity contribution in [3.63, 3.8) is 0 Å². The van der Waals surface area contributed by atoms with E-state index in [1.807, 2.05) is 0 Å². The molecule has 1 heterocycles. The topological polar surface area (TPSA) is 95.6 Å². The molecule has 3 rings (SSSR count). The summed E-state index contributed by atoms with van der Waals surface area (Å²) in [6.07, 6.45) is 2.14. The number of nitrogens with one attached hydrogen (secondary N) is 2. The number of Topliss-reactive ketones (excluding diaryl/α,β-unsaturated/α-hetero) is 1. The van der Waals surface area contributed by atoms with Gasteiger partial charge >= 0.3 is 6.03 Å². The Morgan fingerprint density at radius 2 is 1.96 bits per heavy atom. The lowest BCUT2D eigenvalue weighted by molar-refractivity contribution is -0.136. The van der Waals surface area contributed by atoms with Crippen molar-refractivity contribution >= 4 is 29.3 Å². The lowest BCUT2D eigenvalue weighted by atomic mass is 9.64. The number of urea groups is 1. The molecule has 1 aromatic rings. The van der Waals surface area contributed by atoms with Gasteiger partial charge in [-0.05, 0) is 49.7 Å². The smallest absolute Gasteiger partial charge is 0.325 e. The Balaban J connectivity index is 1.71. The maximum absolute atomic E-state index is 13.1. The van der Waals surface area contributed by atoms with Gasteiger partial charge in [-0.15, -0.1) is 0 Å². The van der Waals surface area contributed by atoms with Gasteiger partial charge in [-0.2, -0.15) is 0 Å². The van der Waals surface area contributed by atoms with Crippen molar-refractivity contribution in [2.75, 3.05) is 11.9 Å². The molecule has 7 heteroatoms. The number of nitrogens with zero attached hydrogens (tertiary/aromatic N) is 1. The van der Waals surface area contributed by atoms with E-state index in [-0.39, 0.29) is 23.7 Å². The molecule has 0 bridgehead atoms. The molecule has 28 heavy (non-hydrogen) atoms. The molecule has 0 radical (unpaired) electrons. The molecule has 7 nitrogen and oxygen atoms in total. The van der Waals surface area contributed by atoms with Crippen LogP contribution in [0.4, 0.5) is 10.5 Å². The van der Waals surface area contributed by atoms with Gasteiger partial charge < -0.3 is 10.6 Å². The second kappa shape index (κ2) is 7.04. The van der Waals surface area contributed by atoms with Crippen molar-refractivity contribution in [3.05, 3.63) is 29.8 Å². The van der Waals surface area contributed by atoms with Crippen LogP contribution in [0.25, 0.3) is 0 Å². The largest absolute Gasteiger partial charge is 0.325 e. The zero-order valence-corrected chi connectivity index (χ0v) is 16.8. The second-order valence-corrected chi connectivity index (χ2v) is 8.94. The van der Waals surface area contributed by atoms with Gasteiger partial charge in [-0.25, -0.2) is 4.79 Å². The fourth-order valence-corrected chi connectivity index (χ4v) is 4.81. The van der Waals surface area contributed by atoms with Gasteiger partial charge in [0.05, 0.1) is 0 Å². The first-order chi connectivity index (χ1) is 13.0. The zero-order valence-electron chi connectivity index (χ0n) is 16.8. The molecule has 0 aromatic heterocycles. The third-order valence-electron chi connectivity index (χ3n) is 5.48. The maximum Gasteiger partial charge on any atom is 0.325 e. The van der Waals surface area contributed by atoms with Crippen molar-refractivity contribution in [1.82, 2.24) is 10.2 Å². The van der Waals surface area contributed by atoms with E-state index in [0.29, 0.717) is 30.0 Å². The standard InChI is InChI=1S/C21H27N3O4/c1-13-9-20(3,4)12-21(10-13)18(27)24(19(28)23-21)11-17(26)22-16-7-5-6-15(8-16)14(2)25/h5-8,13H,9-12H2,1-4H3,(H,22,26)(H,23,28). The van der Waals surface area contributed by atoms with E-state index < -0.39 is 17.5 Å². The van der Waals surface area contributed by atoms with E-state index in [4.69, 9.17) is 0 Å². The molecule has 2 N–H and O–H groups in total. The van der Waals surface area contributed by atoms with E-state index >= 15 is 0 Å². The summed E-state index contributed by atoms with van der Waals surface area (Å²) in [4.78, 5) is 50.5. The monoisotopic (exact) mass is 385 g/mol. The van der Waals surface area contributed by atoms with E-state index in [9.17, 15) is 19.2 Å². The molecule has 2 fully saturated rings. The van der Waals surface area contributed by atoms with Crippen LogP contribution in [0.1, 0.15) is 57.3 Å². The van der Waals surface area contributed by atoms with Gasteiger partial charge in [0.1, 0.15) is 12.1 Å². The molecule has 2 aliphatic rings. The molecule has 150 valence electrons. The number of hydrogen-bond acceptors (Lipinski definition) is 4. The van der Waals surface area contributed by atoms with E-state index in [1.54, 1.807) is 24.3 Å². The van der Waals surface area contributed by atoms with Gasteiger partial charge in [-0.3, -0.25) is 19.3 Å². The number of hydrogen-bond donors (Lipinski definition) is 2. The summed E-state index contributed by atoms with van der Waals surface area (Å²) >= 11 is 0. The Labute approximate surface area is 164 Å². The molecule has 1 aromatic carbocycles. The molecule has 2 unspecified atom stereocenters. The van der Waals surface area contributed by atoms with Crippen molar-refractivity contribution in [3.8, 4) is 0 Å². The summed E-state index contributed by atoms with van der Waals surface area (Å²) < 4.78 is 0. The highest BCUT2D eigenvalue weighted by Gasteiger charge is 2.56. The summed E-state index contributed by atoms with van der Waals surface area (Å²) in [6.45, 7) is 7.37. The third kappa shape index (κ3) is 3.93. The number of benzene rings is 1. The van der Waals surface area contributed by atoms with Gasteiger partial charge in [0.15, 0.2) is 5.78 Å². The minimum Gasteiger partial charge on any atom is -0.325 e. The van der Waals surface area contributed by atoms with Crippen LogP contribution in [0.2, 0.25) is 0 Å². The SMILES string of the molecule is CC(=O)c1cccc(NC(=O)CN2C(=O)NC3(CC(C)CC(C)(C)C3)C2=O)c1. The number of imide groups is 1. The number of ketones is 1. The summed E-state index contributed by atoms with van der Waals surface area (Å²) in [7, 11) is 0. The highest BCUT2D eigenvalue weighted by molar-refractivity contribution is 6.10. The minimum atomic E-state index is -0.924. The second-order valence-electron chi connectivity index (χ2n) is 8.94. The molecule has 1 spiro atoms. The first-order valence-electron chi connectivity index (χ1n) is 9.56. The van der Waals surface area contributed by atoms with Crippen LogP contribution in [0, 0.1) is 11.3 Å². The first-order valence-corrected chi connectivity index (χ1v) is 9.56. The molecule has 1 aliphatic carbocycles.